The molecule has 176 valence electrons. The molecule has 5 rings (SSSR count). The molecule has 2 aromatic rings. The number of hydrogen-bond acceptors (Lipinski definition) is 5. The summed E-state index contributed by atoms with van der Waals surface area (Å²) in [5.41, 5.74) is 3.66. The number of halogens is 1. The highest BCUT2D eigenvalue weighted by Crippen LogP contribution is 2.49. The van der Waals surface area contributed by atoms with Crippen LogP contribution in [0.3, 0.4) is 0 Å². The van der Waals surface area contributed by atoms with Gasteiger partial charge in [-0.15, -0.1) is 0 Å². The van der Waals surface area contributed by atoms with Gasteiger partial charge in [0.05, 0.1) is 39.1 Å². The summed E-state index contributed by atoms with van der Waals surface area (Å²) in [5.74, 6) is 0.703. The van der Waals surface area contributed by atoms with E-state index in [0.29, 0.717) is 32.3 Å². The first-order valence-electron chi connectivity index (χ1n) is 11.7. The number of fused-ring (bicyclic) bond motifs is 2. The Morgan fingerprint density at radius 1 is 1.06 bits per heavy atom. The second-order valence-electron chi connectivity index (χ2n) is 9.42. The zero-order valence-corrected chi connectivity index (χ0v) is 20.1. The smallest absolute Gasteiger partial charge is 0.188 e. The summed E-state index contributed by atoms with van der Waals surface area (Å²) in [6.07, 6.45) is 6.26. The lowest BCUT2D eigenvalue weighted by atomic mass is 9.79. The van der Waals surface area contributed by atoms with Crippen molar-refractivity contribution in [1.82, 2.24) is 4.90 Å². The maximum absolute atomic E-state index is 6.34. The molecule has 0 radical (unpaired) electrons. The average Bonchev–Trinajstić information content (AvgIpc) is 3.39. The van der Waals surface area contributed by atoms with Gasteiger partial charge in [0.2, 0.25) is 0 Å². The number of methoxy groups -OCH3 is 1. The molecule has 1 aliphatic carbocycles. The fraction of sp³-hybridized carbons (Fsp3) is 0.481. The molecule has 0 bridgehead atoms. The fourth-order valence-electron chi connectivity index (χ4n) is 5.38. The number of nitrogens with zero attached hydrogens (tertiary/aromatic N) is 1. The van der Waals surface area contributed by atoms with Gasteiger partial charge >= 0.3 is 0 Å². The third-order valence-corrected chi connectivity index (χ3v) is 7.30. The van der Waals surface area contributed by atoms with Crippen molar-refractivity contribution in [3.8, 4) is 5.75 Å². The molecule has 3 aliphatic rings. The SMILES string of the molecule is COc1ccc(COC[C@H](C)CN2Cc3cc(Cl)ccc3C23C=CC2(CC3)OCCO2)cc1. The minimum atomic E-state index is -0.542. The summed E-state index contributed by atoms with van der Waals surface area (Å²) in [5, 5.41) is 0.792. The largest absolute Gasteiger partial charge is 0.497 e. The van der Waals surface area contributed by atoms with Crippen molar-refractivity contribution in [3.63, 3.8) is 0 Å². The molecule has 1 fully saturated rings. The van der Waals surface area contributed by atoms with E-state index >= 15 is 0 Å². The Hall–Kier alpha value is -1.89. The summed E-state index contributed by atoms with van der Waals surface area (Å²) >= 11 is 6.34. The van der Waals surface area contributed by atoms with E-state index in [1.165, 1.54) is 11.1 Å². The Morgan fingerprint density at radius 3 is 2.55 bits per heavy atom. The first-order chi connectivity index (χ1) is 16.0. The van der Waals surface area contributed by atoms with Gasteiger partial charge in [-0.05, 0) is 59.4 Å². The van der Waals surface area contributed by atoms with Crippen LogP contribution in [0.5, 0.6) is 5.75 Å². The third-order valence-electron chi connectivity index (χ3n) is 7.07. The van der Waals surface area contributed by atoms with Gasteiger partial charge in [-0.1, -0.05) is 42.8 Å². The van der Waals surface area contributed by atoms with Gasteiger partial charge in [-0.3, -0.25) is 4.90 Å². The van der Waals surface area contributed by atoms with Crippen LogP contribution in [-0.2, 0) is 32.9 Å². The number of ether oxygens (including phenoxy) is 4. The highest BCUT2D eigenvalue weighted by molar-refractivity contribution is 6.30. The Labute approximate surface area is 201 Å². The second kappa shape index (κ2) is 9.40. The normalized spacial score (nSPS) is 24.5. The molecule has 2 aromatic carbocycles. The van der Waals surface area contributed by atoms with Crippen LogP contribution in [-0.4, -0.2) is 44.2 Å². The topological polar surface area (TPSA) is 40.2 Å². The molecule has 6 heteroatoms. The van der Waals surface area contributed by atoms with Crippen LogP contribution in [0.25, 0.3) is 0 Å². The second-order valence-corrected chi connectivity index (χ2v) is 9.85. The molecule has 2 heterocycles. The Bertz CT molecular complexity index is 1000. The van der Waals surface area contributed by atoms with Gasteiger partial charge in [0.15, 0.2) is 5.79 Å². The zero-order valence-electron chi connectivity index (χ0n) is 19.4. The van der Waals surface area contributed by atoms with Crippen LogP contribution < -0.4 is 4.74 Å². The van der Waals surface area contributed by atoms with Crippen LogP contribution in [0.15, 0.2) is 54.6 Å². The highest BCUT2D eigenvalue weighted by Gasteiger charge is 2.49. The minimum absolute atomic E-state index is 0.148. The van der Waals surface area contributed by atoms with Gasteiger partial charge < -0.3 is 18.9 Å². The summed E-state index contributed by atoms with van der Waals surface area (Å²) < 4.78 is 23.2. The first kappa shape index (κ1) is 22.9. The van der Waals surface area contributed by atoms with Gasteiger partial charge in [0.25, 0.3) is 0 Å². The zero-order chi connectivity index (χ0) is 22.9. The van der Waals surface area contributed by atoms with Gasteiger partial charge in [-0.25, -0.2) is 0 Å². The van der Waals surface area contributed by atoms with Gasteiger partial charge in [-0.2, -0.15) is 0 Å². The molecule has 0 amide bonds. The van der Waals surface area contributed by atoms with Crippen molar-refractivity contribution in [3.05, 3.63) is 76.3 Å². The van der Waals surface area contributed by atoms with Crippen molar-refractivity contribution >= 4 is 11.6 Å². The van der Waals surface area contributed by atoms with E-state index in [-0.39, 0.29) is 5.54 Å². The number of rotatable bonds is 7. The lowest BCUT2D eigenvalue weighted by Crippen LogP contribution is -2.47. The molecular weight excluding hydrogens is 438 g/mol. The van der Waals surface area contributed by atoms with Crippen LogP contribution in [0.1, 0.15) is 36.5 Å². The van der Waals surface area contributed by atoms with E-state index in [1.807, 2.05) is 18.2 Å². The van der Waals surface area contributed by atoms with Gasteiger partial charge in [0.1, 0.15) is 5.75 Å². The Balaban J connectivity index is 1.27. The van der Waals surface area contributed by atoms with Crippen molar-refractivity contribution < 1.29 is 18.9 Å². The molecule has 1 unspecified atom stereocenters. The first-order valence-corrected chi connectivity index (χ1v) is 12.1. The number of hydrogen-bond donors (Lipinski definition) is 0. The monoisotopic (exact) mass is 469 g/mol. The molecule has 2 atom stereocenters. The predicted octanol–water partition coefficient (Wildman–Crippen LogP) is 5.31. The van der Waals surface area contributed by atoms with Crippen molar-refractivity contribution in [1.29, 1.82) is 0 Å². The van der Waals surface area contributed by atoms with E-state index in [1.54, 1.807) is 7.11 Å². The predicted molar refractivity (Wildman–Crippen MR) is 128 cm³/mol. The molecule has 2 aliphatic heterocycles. The minimum Gasteiger partial charge on any atom is -0.497 e. The van der Waals surface area contributed by atoms with Crippen molar-refractivity contribution in [2.45, 2.75) is 44.2 Å². The molecule has 2 spiro atoms. The lowest BCUT2D eigenvalue weighted by molar-refractivity contribution is -0.134. The third kappa shape index (κ3) is 4.58. The highest BCUT2D eigenvalue weighted by atomic mass is 35.5. The summed E-state index contributed by atoms with van der Waals surface area (Å²) in [7, 11) is 1.68. The quantitative estimate of drug-likeness (QED) is 0.514. The lowest BCUT2D eigenvalue weighted by Gasteiger charge is -2.43. The standard InChI is InChI=1S/C27H32ClNO4/c1-20(18-31-19-21-3-6-24(30-2)7-4-21)16-29-17-22-15-23(28)5-8-25(22)26(29)9-11-27(12-10-26)32-13-14-33-27/h3-9,11,15,20H,10,12-14,16-19H2,1-2H3/t20-,26?/m1/s1. The maximum Gasteiger partial charge on any atom is 0.188 e. The van der Waals surface area contributed by atoms with E-state index in [4.69, 9.17) is 30.5 Å². The van der Waals surface area contributed by atoms with Crippen molar-refractivity contribution in [2.75, 3.05) is 33.5 Å². The molecule has 0 aromatic heterocycles. The Morgan fingerprint density at radius 2 is 1.85 bits per heavy atom. The summed E-state index contributed by atoms with van der Waals surface area (Å²) in [6.45, 7) is 6.72. The average molecular weight is 470 g/mol. The molecular formula is C27H32ClNO4. The molecule has 0 saturated carbocycles. The van der Waals surface area contributed by atoms with E-state index in [9.17, 15) is 0 Å². The molecule has 33 heavy (non-hydrogen) atoms. The Kier molecular flexibility index (Phi) is 6.51. The van der Waals surface area contributed by atoms with Crippen LogP contribution >= 0.6 is 11.6 Å². The maximum atomic E-state index is 6.34. The van der Waals surface area contributed by atoms with Crippen LogP contribution in [0.2, 0.25) is 5.02 Å². The van der Waals surface area contributed by atoms with Crippen LogP contribution in [0, 0.1) is 5.92 Å². The summed E-state index contributed by atoms with van der Waals surface area (Å²) in [6, 6.07) is 14.4. The van der Waals surface area contributed by atoms with Crippen molar-refractivity contribution in [2.24, 2.45) is 5.92 Å². The molecule has 5 nitrogen and oxygen atoms in total. The fourth-order valence-corrected chi connectivity index (χ4v) is 5.58. The van der Waals surface area contributed by atoms with E-state index in [2.05, 4.69) is 48.2 Å². The van der Waals surface area contributed by atoms with E-state index in [0.717, 1.165) is 42.3 Å². The summed E-state index contributed by atoms with van der Waals surface area (Å²) in [4.78, 5) is 2.58. The molecule has 0 N–H and O–H groups in total. The van der Waals surface area contributed by atoms with Crippen LogP contribution in [0.4, 0.5) is 0 Å². The molecule has 1 saturated heterocycles. The van der Waals surface area contributed by atoms with Gasteiger partial charge in [0, 0.05) is 24.5 Å². The number of benzene rings is 2. The van der Waals surface area contributed by atoms with E-state index < -0.39 is 5.79 Å².